The van der Waals surface area contributed by atoms with E-state index in [9.17, 15) is 19.2 Å². The molecule has 4 amide bonds. The second-order valence-corrected chi connectivity index (χ2v) is 14.6. The number of ether oxygens (including phenoxy) is 2. The van der Waals surface area contributed by atoms with Crippen LogP contribution < -0.4 is 16.4 Å². The summed E-state index contributed by atoms with van der Waals surface area (Å²) in [6, 6.07) is 16.2. The zero-order chi connectivity index (χ0) is 41.8. The number of methoxy groups -OCH3 is 2. The van der Waals surface area contributed by atoms with E-state index < -0.39 is 35.9 Å². The first kappa shape index (κ1) is 42.6. The minimum absolute atomic E-state index is 0.193. The van der Waals surface area contributed by atoms with E-state index in [1.165, 1.54) is 14.2 Å². The molecular weight excluding hydrogens is 737 g/mol. The summed E-state index contributed by atoms with van der Waals surface area (Å²) in [5.41, 5.74) is 8.48. The number of hydrogen-bond acceptors (Lipinski definition) is 8. The monoisotopic (exact) mass is 788 g/mol. The Kier molecular flexibility index (Phi) is 14.4. The molecule has 2 aliphatic rings. The van der Waals surface area contributed by atoms with Crippen LogP contribution >= 0.6 is 0 Å². The molecule has 1 unspecified atom stereocenters. The lowest BCUT2D eigenvalue weighted by molar-refractivity contribution is -0.135. The van der Waals surface area contributed by atoms with E-state index in [1.807, 2.05) is 82.3 Å². The van der Waals surface area contributed by atoms with Gasteiger partial charge in [0.2, 0.25) is 5.91 Å². The Hall–Kier alpha value is -6.54. The van der Waals surface area contributed by atoms with E-state index in [-0.39, 0.29) is 29.6 Å². The summed E-state index contributed by atoms with van der Waals surface area (Å²) in [5.74, 6) is 12.3. The molecule has 3 heterocycles. The molecule has 5 N–H and O–H groups in total. The molecule has 0 spiro atoms. The molecule has 58 heavy (non-hydrogen) atoms. The van der Waals surface area contributed by atoms with Crippen molar-refractivity contribution in [3.8, 4) is 23.7 Å². The number of hydrogen-bond donors (Lipinski definition) is 4. The van der Waals surface area contributed by atoms with Gasteiger partial charge in [-0.15, -0.1) is 0 Å². The van der Waals surface area contributed by atoms with Crippen LogP contribution in [0.25, 0.3) is 5.57 Å². The van der Waals surface area contributed by atoms with Gasteiger partial charge in [0.1, 0.15) is 35.0 Å². The molecule has 14 heteroatoms. The van der Waals surface area contributed by atoms with Gasteiger partial charge in [-0.2, -0.15) is 0 Å². The normalized spacial score (nSPS) is 18.8. The Labute approximate surface area is 340 Å². The van der Waals surface area contributed by atoms with Crippen molar-refractivity contribution in [3.05, 3.63) is 95.6 Å². The number of amidine groups is 1. The molecule has 2 fully saturated rings. The van der Waals surface area contributed by atoms with Gasteiger partial charge in [0.25, 0.3) is 5.91 Å². The number of imidazole rings is 1. The Balaban J connectivity index is 1.41. The molecule has 0 radical (unpaired) electrons. The minimum atomic E-state index is -1.16. The number of aromatic nitrogens is 2. The molecule has 0 aliphatic carbocycles. The fourth-order valence-corrected chi connectivity index (χ4v) is 7.46. The lowest BCUT2D eigenvalue weighted by Gasteiger charge is -2.32. The number of carbonyl (C=O) groups excluding carboxylic acids is 4. The number of benzene rings is 2. The molecule has 5 atom stereocenters. The zero-order valence-electron chi connectivity index (χ0n) is 33.9. The highest BCUT2D eigenvalue weighted by molar-refractivity contribution is 5.95. The lowest BCUT2D eigenvalue weighted by Crippen LogP contribution is -2.55. The van der Waals surface area contributed by atoms with E-state index in [0.29, 0.717) is 43.0 Å². The molecule has 2 saturated heterocycles. The number of nitrogens with one attached hydrogen (secondary N) is 3. The van der Waals surface area contributed by atoms with Crippen molar-refractivity contribution < 1.29 is 28.7 Å². The van der Waals surface area contributed by atoms with Gasteiger partial charge < -0.3 is 40.6 Å². The quantitative estimate of drug-likeness (QED) is 0.117. The van der Waals surface area contributed by atoms with Crippen LogP contribution in [0.3, 0.4) is 0 Å². The molecule has 3 aromatic rings. The van der Waals surface area contributed by atoms with Crippen LogP contribution in [0.15, 0.2) is 77.9 Å². The predicted molar refractivity (Wildman–Crippen MR) is 221 cm³/mol. The van der Waals surface area contributed by atoms with Crippen molar-refractivity contribution in [2.24, 2.45) is 16.6 Å². The van der Waals surface area contributed by atoms with E-state index in [4.69, 9.17) is 20.2 Å². The number of H-pyrrole nitrogens is 1. The highest BCUT2D eigenvalue weighted by atomic mass is 16.5. The number of likely N-dealkylation sites (tertiary alicyclic amines) is 2. The Bertz CT molecular complexity index is 2130. The number of rotatable bonds is 11. The zero-order valence-corrected chi connectivity index (χ0v) is 33.9. The van der Waals surface area contributed by atoms with E-state index in [1.54, 1.807) is 28.1 Å². The fraction of sp³-hybridized carbons (Fsp3) is 0.409. The van der Waals surface area contributed by atoms with Gasteiger partial charge in [-0.25, -0.2) is 19.6 Å². The van der Waals surface area contributed by atoms with Gasteiger partial charge in [-0.3, -0.25) is 9.59 Å². The van der Waals surface area contributed by atoms with E-state index in [0.717, 1.165) is 24.0 Å². The summed E-state index contributed by atoms with van der Waals surface area (Å²) >= 11 is 0. The first-order valence-electron chi connectivity index (χ1n) is 19.4. The molecule has 5 rings (SSSR count). The third-order valence-electron chi connectivity index (χ3n) is 10.4. The van der Waals surface area contributed by atoms with Crippen LogP contribution in [0.2, 0.25) is 0 Å². The SMILES string of the molecule is C/C=C(/c1ccccc1)C(C)(C#CC#Cc1cnc([C@@H]2CCCN2C(=O)[C@H](NC(=O)OC)c2ccccc2)[nH]1)N=C(N)[C@@H]1CCCN1C(=O)[C@@H](NC(=O)OC)C(C)C. The summed E-state index contributed by atoms with van der Waals surface area (Å²) in [7, 11) is 2.52. The lowest BCUT2D eigenvalue weighted by atomic mass is 9.87. The molecule has 14 nitrogen and oxygen atoms in total. The number of alkyl carbamates (subject to hydrolysis) is 2. The second-order valence-electron chi connectivity index (χ2n) is 14.6. The van der Waals surface area contributed by atoms with Gasteiger partial charge in [0.05, 0.1) is 32.5 Å². The summed E-state index contributed by atoms with van der Waals surface area (Å²) in [5, 5.41) is 5.35. The Morgan fingerprint density at radius 1 is 0.931 bits per heavy atom. The number of amides is 4. The molecule has 304 valence electrons. The van der Waals surface area contributed by atoms with Gasteiger partial charge in [-0.1, -0.05) is 86.5 Å². The average Bonchev–Trinajstić information content (AvgIpc) is 4.03. The highest BCUT2D eigenvalue weighted by Gasteiger charge is 2.39. The third kappa shape index (κ3) is 10.1. The number of allylic oxidation sites excluding steroid dienone is 1. The summed E-state index contributed by atoms with van der Waals surface area (Å²) in [4.78, 5) is 68.3. The first-order chi connectivity index (χ1) is 27.9. The highest BCUT2D eigenvalue weighted by Crippen LogP contribution is 2.34. The Morgan fingerprint density at radius 3 is 2.22 bits per heavy atom. The van der Waals surface area contributed by atoms with Crippen LogP contribution in [-0.2, 0) is 19.1 Å². The Morgan fingerprint density at radius 2 is 1.57 bits per heavy atom. The van der Waals surface area contributed by atoms with Crippen molar-refractivity contribution in [1.82, 2.24) is 30.4 Å². The maximum Gasteiger partial charge on any atom is 0.407 e. The van der Waals surface area contributed by atoms with E-state index >= 15 is 0 Å². The molecule has 2 aromatic carbocycles. The predicted octanol–water partition coefficient (Wildman–Crippen LogP) is 5.12. The summed E-state index contributed by atoms with van der Waals surface area (Å²) in [6.07, 6.45) is 4.92. The first-order valence-corrected chi connectivity index (χ1v) is 19.4. The van der Waals surface area contributed by atoms with Gasteiger partial charge in [-0.05, 0) is 79.9 Å². The van der Waals surface area contributed by atoms with Gasteiger partial charge in [0.15, 0.2) is 0 Å². The van der Waals surface area contributed by atoms with Crippen LogP contribution in [0, 0.1) is 29.6 Å². The van der Waals surface area contributed by atoms with Crippen molar-refractivity contribution in [2.75, 3.05) is 27.3 Å². The number of nitrogens with zero attached hydrogens (tertiary/aromatic N) is 4. The van der Waals surface area contributed by atoms with Crippen molar-refractivity contribution in [1.29, 1.82) is 0 Å². The van der Waals surface area contributed by atoms with Crippen LogP contribution in [0.5, 0.6) is 0 Å². The van der Waals surface area contributed by atoms with Gasteiger partial charge >= 0.3 is 12.2 Å². The average molecular weight is 789 g/mol. The maximum absolute atomic E-state index is 13.9. The van der Waals surface area contributed by atoms with Crippen molar-refractivity contribution in [2.45, 2.75) is 83.1 Å². The van der Waals surface area contributed by atoms with Crippen molar-refractivity contribution in [3.63, 3.8) is 0 Å². The molecule has 1 aromatic heterocycles. The smallest absolute Gasteiger partial charge is 0.407 e. The third-order valence-corrected chi connectivity index (χ3v) is 10.4. The largest absolute Gasteiger partial charge is 0.453 e. The number of nitrogens with two attached hydrogens (primary N) is 1. The minimum Gasteiger partial charge on any atom is -0.453 e. The fourth-order valence-electron chi connectivity index (χ4n) is 7.46. The second kappa shape index (κ2) is 19.6. The standard InChI is InChI=1S/C44H52N8O6/c1-7-33(30-18-10-8-11-19-30)44(4,50-38(45)34-23-16-26-51(34)40(53)36(29(2)3)48-42(55)57-5)25-15-14-22-32-28-46-39(47-32)35-24-17-27-52(35)41(54)37(49-43(56)58-6)31-20-12-9-13-21-31/h7-13,18-21,28-29,34-37H,16-17,23-24,26-27H2,1-6H3,(H2,45,50)(H,46,47)(H,48,55)(H,49,56)/b33-7-/t34-,35-,36-,37+,44?/m0/s1. The number of aliphatic imine (C=N–C) groups is 1. The number of carbonyl (C=O) groups is 4. The van der Waals surface area contributed by atoms with E-state index in [2.05, 4.69) is 44.3 Å². The molecular formula is C44H52N8O6. The molecule has 0 saturated carbocycles. The van der Waals surface area contributed by atoms with Crippen LogP contribution in [-0.4, -0.2) is 94.5 Å². The van der Waals surface area contributed by atoms with Crippen LogP contribution in [0.4, 0.5) is 9.59 Å². The summed E-state index contributed by atoms with van der Waals surface area (Å²) in [6.45, 7) is 8.45. The maximum atomic E-state index is 13.9. The van der Waals surface area contributed by atoms with Crippen LogP contribution in [0.1, 0.15) is 88.1 Å². The molecule has 0 bridgehead atoms. The van der Waals surface area contributed by atoms with Gasteiger partial charge in [0, 0.05) is 13.1 Å². The van der Waals surface area contributed by atoms with Crippen molar-refractivity contribution >= 4 is 35.4 Å². The topological polar surface area (TPSA) is 184 Å². The molecule has 2 aliphatic heterocycles. The number of aromatic amines is 1. The summed E-state index contributed by atoms with van der Waals surface area (Å²) < 4.78 is 9.59.